The van der Waals surface area contributed by atoms with Crippen LogP contribution in [0.2, 0.25) is 0 Å². The quantitative estimate of drug-likeness (QED) is 0.848. The normalized spacial score (nSPS) is 25.0. The lowest BCUT2D eigenvalue weighted by atomic mass is 10.1. The molecule has 3 N–H and O–H groups in total. The first-order chi connectivity index (χ1) is 8.00. The van der Waals surface area contributed by atoms with Crippen LogP contribution in [-0.4, -0.2) is 19.4 Å². The highest BCUT2D eigenvalue weighted by Crippen LogP contribution is 2.26. The lowest BCUT2D eigenvalue weighted by molar-refractivity contribution is 0.475. The molecule has 17 heavy (non-hydrogen) atoms. The van der Waals surface area contributed by atoms with Gasteiger partial charge in [-0.15, -0.1) is 0 Å². The minimum absolute atomic E-state index is 0.00130. The molecule has 1 aliphatic rings. The van der Waals surface area contributed by atoms with Crippen molar-refractivity contribution >= 4 is 15.7 Å². The Labute approximate surface area is 101 Å². The van der Waals surface area contributed by atoms with Crippen molar-refractivity contribution in [3.8, 4) is 0 Å². The minimum Gasteiger partial charge on any atom is -0.396 e. The molecule has 0 aliphatic heterocycles. The first-order valence-electron chi connectivity index (χ1n) is 5.73. The van der Waals surface area contributed by atoms with Gasteiger partial charge in [0, 0.05) is 12.2 Å². The van der Waals surface area contributed by atoms with Crippen LogP contribution >= 0.6 is 0 Å². The average Bonchev–Trinajstić information content (AvgIpc) is 2.64. The summed E-state index contributed by atoms with van der Waals surface area (Å²) in [6.07, 6.45) is 4.44. The molecule has 0 aromatic carbocycles. The van der Waals surface area contributed by atoms with Crippen molar-refractivity contribution in [3.63, 3.8) is 0 Å². The van der Waals surface area contributed by atoms with E-state index in [1.54, 1.807) is 12.1 Å². The van der Waals surface area contributed by atoms with Crippen LogP contribution in [0.5, 0.6) is 0 Å². The van der Waals surface area contributed by atoms with Crippen LogP contribution < -0.4 is 10.5 Å². The van der Waals surface area contributed by atoms with Gasteiger partial charge < -0.3 is 5.73 Å². The van der Waals surface area contributed by atoms with E-state index in [0.717, 1.165) is 19.3 Å². The van der Waals surface area contributed by atoms with E-state index in [2.05, 4.69) is 16.6 Å². The zero-order valence-corrected chi connectivity index (χ0v) is 10.6. The number of rotatable bonds is 3. The summed E-state index contributed by atoms with van der Waals surface area (Å²) in [5.74, 6) is 0.370. The first-order valence-corrected chi connectivity index (χ1v) is 7.22. The molecule has 0 amide bonds. The van der Waals surface area contributed by atoms with E-state index in [9.17, 15) is 8.42 Å². The van der Waals surface area contributed by atoms with Crippen molar-refractivity contribution < 1.29 is 8.42 Å². The monoisotopic (exact) mass is 255 g/mol. The summed E-state index contributed by atoms with van der Waals surface area (Å²) in [6, 6.07) is 3.16. The fourth-order valence-corrected chi connectivity index (χ4v) is 3.64. The highest BCUT2D eigenvalue weighted by molar-refractivity contribution is 7.89. The predicted molar refractivity (Wildman–Crippen MR) is 65.8 cm³/mol. The maximum Gasteiger partial charge on any atom is 0.260 e. The molecule has 1 aromatic rings. The Morgan fingerprint density at radius 1 is 1.47 bits per heavy atom. The number of nitrogens with one attached hydrogen (secondary N) is 1. The molecule has 6 heteroatoms. The van der Waals surface area contributed by atoms with Gasteiger partial charge in [0.05, 0.1) is 5.69 Å². The Balaban J connectivity index is 2.22. The predicted octanol–water partition coefficient (Wildman–Crippen LogP) is 1.13. The number of pyridine rings is 1. The second-order valence-corrected chi connectivity index (χ2v) is 6.16. The summed E-state index contributed by atoms with van der Waals surface area (Å²) >= 11 is 0. The van der Waals surface area contributed by atoms with Crippen molar-refractivity contribution in [2.75, 3.05) is 5.73 Å². The van der Waals surface area contributed by atoms with Crippen molar-refractivity contribution in [1.82, 2.24) is 9.71 Å². The van der Waals surface area contributed by atoms with Crippen molar-refractivity contribution in [3.05, 3.63) is 18.3 Å². The van der Waals surface area contributed by atoms with Gasteiger partial charge in [0.1, 0.15) is 0 Å². The van der Waals surface area contributed by atoms with Crippen LogP contribution in [0.4, 0.5) is 5.69 Å². The summed E-state index contributed by atoms with van der Waals surface area (Å²) in [6.45, 7) is 2.06. The molecule has 94 valence electrons. The van der Waals surface area contributed by atoms with Gasteiger partial charge in [-0.1, -0.05) is 13.3 Å². The second-order valence-electron chi connectivity index (χ2n) is 4.53. The molecule has 0 bridgehead atoms. The summed E-state index contributed by atoms with van der Waals surface area (Å²) in [7, 11) is -3.59. The van der Waals surface area contributed by atoms with Gasteiger partial charge in [-0.05, 0) is 30.9 Å². The van der Waals surface area contributed by atoms with E-state index >= 15 is 0 Å². The number of nitrogens with two attached hydrogens (primary N) is 1. The molecule has 1 heterocycles. The molecule has 1 saturated carbocycles. The van der Waals surface area contributed by atoms with Gasteiger partial charge in [-0.3, -0.25) is 0 Å². The van der Waals surface area contributed by atoms with E-state index in [1.807, 2.05) is 0 Å². The van der Waals surface area contributed by atoms with Gasteiger partial charge in [0.2, 0.25) is 0 Å². The van der Waals surface area contributed by atoms with Crippen LogP contribution in [0.3, 0.4) is 0 Å². The average molecular weight is 255 g/mol. The zero-order chi connectivity index (χ0) is 12.5. The SMILES string of the molecule is CC1CCCC1NS(=O)(=O)c1ncccc1N. The molecule has 2 atom stereocenters. The molecule has 0 saturated heterocycles. The molecule has 1 aliphatic carbocycles. The molecule has 0 radical (unpaired) electrons. The van der Waals surface area contributed by atoms with Gasteiger partial charge in [-0.2, -0.15) is 0 Å². The minimum atomic E-state index is -3.59. The standard InChI is InChI=1S/C11H17N3O2S/c1-8-4-2-6-10(8)14-17(15,16)11-9(12)5-3-7-13-11/h3,5,7-8,10,14H,2,4,6,12H2,1H3. The molecule has 2 rings (SSSR count). The number of hydrogen-bond donors (Lipinski definition) is 2. The third-order valence-corrected chi connectivity index (χ3v) is 4.69. The summed E-state index contributed by atoms with van der Waals surface area (Å²) in [5.41, 5.74) is 5.82. The van der Waals surface area contributed by atoms with Gasteiger partial charge in [0.15, 0.2) is 5.03 Å². The maximum atomic E-state index is 12.1. The molecule has 1 aromatic heterocycles. The maximum absolute atomic E-state index is 12.1. The number of aromatic nitrogens is 1. The Kier molecular flexibility index (Phi) is 3.35. The van der Waals surface area contributed by atoms with Crippen LogP contribution in [0, 0.1) is 5.92 Å². The Hall–Kier alpha value is -1.14. The summed E-state index contributed by atoms with van der Waals surface area (Å²) in [4.78, 5) is 3.84. The van der Waals surface area contributed by atoms with Crippen LogP contribution in [0.25, 0.3) is 0 Å². The smallest absolute Gasteiger partial charge is 0.260 e. The third kappa shape index (κ3) is 2.58. The van der Waals surface area contributed by atoms with Gasteiger partial charge in [-0.25, -0.2) is 18.1 Å². The fraction of sp³-hybridized carbons (Fsp3) is 0.545. The fourth-order valence-electron chi connectivity index (χ4n) is 2.20. The Morgan fingerprint density at radius 2 is 2.24 bits per heavy atom. The van der Waals surface area contributed by atoms with Gasteiger partial charge >= 0.3 is 0 Å². The summed E-state index contributed by atoms with van der Waals surface area (Å²) in [5, 5.41) is -0.0703. The molecule has 1 fully saturated rings. The van der Waals surface area contributed by atoms with E-state index in [4.69, 9.17) is 5.73 Å². The van der Waals surface area contributed by atoms with E-state index in [0.29, 0.717) is 5.92 Å². The van der Waals surface area contributed by atoms with E-state index < -0.39 is 10.0 Å². The van der Waals surface area contributed by atoms with Crippen LogP contribution in [-0.2, 0) is 10.0 Å². The zero-order valence-electron chi connectivity index (χ0n) is 9.76. The van der Waals surface area contributed by atoms with E-state index in [-0.39, 0.29) is 16.8 Å². The van der Waals surface area contributed by atoms with Gasteiger partial charge in [0.25, 0.3) is 10.0 Å². The number of sulfonamides is 1. The lowest BCUT2D eigenvalue weighted by Crippen LogP contribution is -2.37. The van der Waals surface area contributed by atoms with Crippen molar-refractivity contribution in [2.45, 2.75) is 37.3 Å². The van der Waals surface area contributed by atoms with Crippen molar-refractivity contribution in [2.24, 2.45) is 5.92 Å². The highest BCUT2D eigenvalue weighted by Gasteiger charge is 2.29. The molecule has 5 nitrogen and oxygen atoms in total. The van der Waals surface area contributed by atoms with Crippen LogP contribution in [0.1, 0.15) is 26.2 Å². The number of nitrogen functional groups attached to an aromatic ring is 1. The topological polar surface area (TPSA) is 85.1 Å². The largest absolute Gasteiger partial charge is 0.396 e. The third-order valence-electron chi connectivity index (χ3n) is 3.22. The number of anilines is 1. The summed E-state index contributed by atoms with van der Waals surface area (Å²) < 4.78 is 26.9. The van der Waals surface area contributed by atoms with Crippen molar-refractivity contribution in [1.29, 1.82) is 0 Å². The number of hydrogen-bond acceptors (Lipinski definition) is 4. The van der Waals surface area contributed by atoms with E-state index in [1.165, 1.54) is 6.20 Å². The van der Waals surface area contributed by atoms with Crippen LogP contribution in [0.15, 0.2) is 23.4 Å². The molecule has 0 spiro atoms. The lowest BCUT2D eigenvalue weighted by Gasteiger charge is -2.17. The second kappa shape index (κ2) is 4.62. The molecule has 2 unspecified atom stereocenters. The molecular weight excluding hydrogens is 238 g/mol. The Bertz CT molecular complexity index is 501. The Morgan fingerprint density at radius 3 is 2.82 bits per heavy atom. The first kappa shape index (κ1) is 12.3. The molecular formula is C11H17N3O2S. The number of nitrogens with zero attached hydrogens (tertiary/aromatic N) is 1. The highest BCUT2D eigenvalue weighted by atomic mass is 32.2.